The van der Waals surface area contributed by atoms with Crippen molar-refractivity contribution in [3.8, 4) is 5.75 Å². The largest absolute Gasteiger partial charge is 0.496 e. The number of likely N-dealkylation sites (N-methyl/N-ethyl adjacent to an activating group) is 1. The van der Waals surface area contributed by atoms with E-state index >= 15 is 0 Å². The number of fused-ring (bicyclic) bond motifs is 1. The average molecular weight is 356 g/mol. The highest BCUT2D eigenvalue weighted by Gasteiger charge is 2.12. The van der Waals surface area contributed by atoms with Crippen LogP contribution in [-0.4, -0.2) is 36.6 Å². The van der Waals surface area contributed by atoms with Gasteiger partial charge in [0, 0.05) is 19.2 Å². The van der Waals surface area contributed by atoms with E-state index in [9.17, 15) is 4.79 Å². The van der Waals surface area contributed by atoms with Crippen molar-refractivity contribution in [1.29, 1.82) is 0 Å². The summed E-state index contributed by atoms with van der Waals surface area (Å²) >= 11 is 1.59. The number of benzene rings is 2. The topological polar surface area (TPSA) is 51.7 Å². The van der Waals surface area contributed by atoms with E-state index in [1.807, 2.05) is 48.5 Å². The van der Waals surface area contributed by atoms with Crippen LogP contribution in [0.4, 0.5) is 0 Å². The van der Waals surface area contributed by atoms with Crippen LogP contribution in [0.2, 0.25) is 0 Å². The Balaban J connectivity index is 1.51. The molecule has 0 fully saturated rings. The van der Waals surface area contributed by atoms with Crippen LogP contribution in [0, 0.1) is 0 Å². The maximum Gasteiger partial charge on any atom is 0.248 e. The van der Waals surface area contributed by atoms with E-state index in [-0.39, 0.29) is 12.5 Å². The Hall–Kier alpha value is -2.44. The summed E-state index contributed by atoms with van der Waals surface area (Å²) in [6, 6.07) is 15.6. The van der Waals surface area contributed by atoms with E-state index in [1.165, 1.54) is 0 Å². The number of methoxy groups -OCH3 is 1. The molecule has 0 aliphatic rings. The normalized spacial score (nSPS) is 10.8. The first kappa shape index (κ1) is 17.4. The standard InChI is InChI=1S/C19H20N2O3S/c1-21(11-14-7-3-5-9-16(14)23-2)19(22)13-24-12-18-20-15-8-4-6-10-17(15)25-18/h3-10H,11-13H2,1-2H3. The Morgan fingerprint density at radius 2 is 1.92 bits per heavy atom. The fourth-order valence-electron chi connectivity index (χ4n) is 2.49. The van der Waals surface area contributed by atoms with E-state index in [4.69, 9.17) is 9.47 Å². The van der Waals surface area contributed by atoms with Crippen molar-refractivity contribution < 1.29 is 14.3 Å². The smallest absolute Gasteiger partial charge is 0.248 e. The zero-order chi connectivity index (χ0) is 17.6. The Labute approximate surface area is 150 Å². The Bertz CT molecular complexity index is 830. The van der Waals surface area contributed by atoms with Gasteiger partial charge in [-0.05, 0) is 18.2 Å². The molecule has 0 spiro atoms. The SMILES string of the molecule is COc1ccccc1CN(C)C(=O)COCc1nc2ccccc2s1. The molecular formula is C19H20N2O3S. The van der Waals surface area contributed by atoms with Gasteiger partial charge in [0.05, 0.1) is 23.9 Å². The number of nitrogens with zero attached hydrogens (tertiary/aromatic N) is 2. The van der Waals surface area contributed by atoms with Gasteiger partial charge in [-0.25, -0.2) is 4.98 Å². The third-order valence-electron chi connectivity index (χ3n) is 3.82. The van der Waals surface area contributed by atoms with Gasteiger partial charge in [0.25, 0.3) is 0 Å². The monoisotopic (exact) mass is 356 g/mol. The van der Waals surface area contributed by atoms with Crippen molar-refractivity contribution in [2.75, 3.05) is 20.8 Å². The molecule has 2 aromatic carbocycles. The number of aromatic nitrogens is 1. The zero-order valence-corrected chi connectivity index (χ0v) is 15.1. The van der Waals surface area contributed by atoms with Crippen LogP contribution < -0.4 is 4.74 Å². The van der Waals surface area contributed by atoms with Crippen LogP contribution >= 0.6 is 11.3 Å². The quantitative estimate of drug-likeness (QED) is 0.650. The van der Waals surface area contributed by atoms with Crippen LogP contribution in [0.5, 0.6) is 5.75 Å². The van der Waals surface area contributed by atoms with Crippen LogP contribution in [0.25, 0.3) is 10.2 Å². The maximum absolute atomic E-state index is 12.3. The number of para-hydroxylation sites is 2. The molecule has 1 amide bonds. The summed E-state index contributed by atoms with van der Waals surface area (Å²) < 4.78 is 12.0. The lowest BCUT2D eigenvalue weighted by atomic mass is 10.2. The van der Waals surface area contributed by atoms with Gasteiger partial charge in [0.15, 0.2) is 0 Å². The maximum atomic E-state index is 12.3. The lowest BCUT2D eigenvalue weighted by Gasteiger charge is -2.18. The van der Waals surface area contributed by atoms with Crippen LogP contribution in [0.15, 0.2) is 48.5 Å². The van der Waals surface area contributed by atoms with Gasteiger partial charge in [-0.3, -0.25) is 4.79 Å². The predicted molar refractivity (Wildman–Crippen MR) is 98.7 cm³/mol. The molecule has 0 saturated heterocycles. The average Bonchev–Trinajstić information content (AvgIpc) is 3.04. The first-order valence-corrected chi connectivity index (χ1v) is 8.77. The second-order valence-electron chi connectivity index (χ2n) is 5.63. The molecule has 25 heavy (non-hydrogen) atoms. The molecule has 1 aromatic heterocycles. The Kier molecular flexibility index (Phi) is 5.63. The summed E-state index contributed by atoms with van der Waals surface area (Å²) in [7, 11) is 3.39. The second kappa shape index (κ2) is 8.09. The first-order chi connectivity index (χ1) is 12.2. The van der Waals surface area contributed by atoms with E-state index in [2.05, 4.69) is 4.98 Å². The number of ether oxygens (including phenoxy) is 2. The van der Waals surface area contributed by atoms with Gasteiger partial charge in [-0.1, -0.05) is 30.3 Å². The third kappa shape index (κ3) is 4.35. The van der Waals surface area contributed by atoms with Crippen molar-refractivity contribution in [3.63, 3.8) is 0 Å². The molecule has 0 unspecified atom stereocenters. The lowest BCUT2D eigenvalue weighted by molar-refractivity contribution is -0.135. The molecular weight excluding hydrogens is 336 g/mol. The molecule has 0 radical (unpaired) electrons. The van der Waals surface area contributed by atoms with Crippen molar-refractivity contribution in [3.05, 3.63) is 59.1 Å². The molecule has 0 aliphatic carbocycles. The third-order valence-corrected chi connectivity index (χ3v) is 4.82. The molecule has 5 nitrogen and oxygen atoms in total. The molecule has 0 saturated carbocycles. The number of amides is 1. The van der Waals surface area contributed by atoms with Gasteiger partial charge in [0.1, 0.15) is 17.4 Å². The molecule has 6 heteroatoms. The second-order valence-corrected chi connectivity index (χ2v) is 6.74. The summed E-state index contributed by atoms with van der Waals surface area (Å²) in [5.41, 5.74) is 1.93. The Morgan fingerprint density at radius 1 is 1.16 bits per heavy atom. The number of rotatable bonds is 7. The minimum atomic E-state index is -0.0768. The summed E-state index contributed by atoms with van der Waals surface area (Å²) in [6.45, 7) is 0.850. The minimum Gasteiger partial charge on any atom is -0.496 e. The molecule has 0 bridgehead atoms. The first-order valence-electron chi connectivity index (χ1n) is 7.95. The van der Waals surface area contributed by atoms with Crippen LogP contribution in [-0.2, 0) is 22.7 Å². The van der Waals surface area contributed by atoms with Crippen molar-refractivity contribution in [2.24, 2.45) is 0 Å². The molecule has 3 rings (SSSR count). The number of carbonyl (C=O) groups is 1. The van der Waals surface area contributed by atoms with Crippen LogP contribution in [0.1, 0.15) is 10.6 Å². The summed E-state index contributed by atoms with van der Waals surface area (Å²) in [6.07, 6.45) is 0. The fraction of sp³-hybridized carbons (Fsp3) is 0.263. The molecule has 1 heterocycles. The van der Waals surface area contributed by atoms with E-state index in [0.29, 0.717) is 13.2 Å². The highest BCUT2D eigenvalue weighted by Crippen LogP contribution is 2.22. The number of hydrogen-bond acceptors (Lipinski definition) is 5. The Morgan fingerprint density at radius 3 is 2.72 bits per heavy atom. The fourth-order valence-corrected chi connectivity index (χ4v) is 3.40. The van der Waals surface area contributed by atoms with Crippen molar-refractivity contribution in [2.45, 2.75) is 13.2 Å². The highest BCUT2D eigenvalue weighted by molar-refractivity contribution is 7.18. The number of thiazole rings is 1. The van der Waals surface area contributed by atoms with E-state index < -0.39 is 0 Å². The van der Waals surface area contributed by atoms with Crippen molar-refractivity contribution >= 4 is 27.5 Å². The zero-order valence-electron chi connectivity index (χ0n) is 14.3. The van der Waals surface area contributed by atoms with E-state index in [1.54, 1.807) is 30.4 Å². The molecule has 0 aliphatic heterocycles. The molecule has 0 N–H and O–H groups in total. The summed E-state index contributed by atoms with van der Waals surface area (Å²) in [5, 5.41) is 0.876. The van der Waals surface area contributed by atoms with Crippen molar-refractivity contribution in [1.82, 2.24) is 9.88 Å². The van der Waals surface area contributed by atoms with Gasteiger partial charge in [-0.2, -0.15) is 0 Å². The van der Waals surface area contributed by atoms with Gasteiger partial charge in [0.2, 0.25) is 5.91 Å². The molecule has 130 valence electrons. The number of hydrogen-bond donors (Lipinski definition) is 0. The number of carbonyl (C=O) groups excluding carboxylic acids is 1. The molecule has 3 aromatic rings. The minimum absolute atomic E-state index is 0.0293. The predicted octanol–water partition coefficient (Wildman–Crippen LogP) is 3.48. The molecule has 0 atom stereocenters. The van der Waals surface area contributed by atoms with E-state index in [0.717, 1.165) is 26.5 Å². The van der Waals surface area contributed by atoms with Gasteiger partial charge >= 0.3 is 0 Å². The summed E-state index contributed by atoms with van der Waals surface area (Å²) in [5.74, 6) is 0.699. The van der Waals surface area contributed by atoms with Gasteiger partial charge in [-0.15, -0.1) is 11.3 Å². The van der Waals surface area contributed by atoms with Crippen LogP contribution in [0.3, 0.4) is 0 Å². The van der Waals surface area contributed by atoms with Gasteiger partial charge < -0.3 is 14.4 Å². The highest BCUT2D eigenvalue weighted by atomic mass is 32.1. The summed E-state index contributed by atoms with van der Waals surface area (Å²) in [4.78, 5) is 18.4. The lowest BCUT2D eigenvalue weighted by Crippen LogP contribution is -2.30.